The summed E-state index contributed by atoms with van der Waals surface area (Å²) >= 11 is 0. The zero-order valence-corrected chi connectivity index (χ0v) is 17.3. The SMILES string of the molecule is C[C@H](c1ccc(-n2cncn2)cc1)N(C)Cc1nc2ccccc2c(=O)n1CC(N)=O. The number of nitrogens with zero attached hydrogens (tertiary/aromatic N) is 6. The lowest BCUT2D eigenvalue weighted by Gasteiger charge is -2.26. The number of aromatic nitrogens is 5. The van der Waals surface area contributed by atoms with Gasteiger partial charge in [0, 0.05) is 6.04 Å². The van der Waals surface area contributed by atoms with Crippen molar-refractivity contribution < 1.29 is 4.79 Å². The van der Waals surface area contributed by atoms with Gasteiger partial charge < -0.3 is 5.73 Å². The predicted octanol–water partition coefficient (Wildman–Crippen LogP) is 1.66. The quantitative estimate of drug-likeness (QED) is 0.489. The maximum atomic E-state index is 12.9. The van der Waals surface area contributed by atoms with Crippen molar-refractivity contribution in [1.29, 1.82) is 0 Å². The standard InChI is InChI=1S/C22H23N7O2/c1-15(16-7-9-17(10-8-16)29-14-24-13-25-29)27(2)12-21-26-19-6-4-3-5-18(19)22(31)28(21)11-20(23)30/h3-10,13-15H,11-12H2,1-2H3,(H2,23,30)/t15-/m1/s1. The van der Waals surface area contributed by atoms with Crippen molar-refractivity contribution in [3.8, 4) is 5.69 Å². The first-order valence-electron chi connectivity index (χ1n) is 9.86. The molecule has 9 nitrogen and oxygen atoms in total. The third-order valence-corrected chi connectivity index (χ3v) is 5.37. The molecule has 0 saturated carbocycles. The van der Waals surface area contributed by atoms with Crippen LogP contribution in [0.5, 0.6) is 0 Å². The minimum absolute atomic E-state index is 0.0372. The minimum Gasteiger partial charge on any atom is -0.368 e. The molecule has 0 spiro atoms. The first kappa shape index (κ1) is 20.4. The molecule has 0 aliphatic rings. The number of primary amides is 1. The molecular formula is C22H23N7O2. The van der Waals surface area contributed by atoms with E-state index in [2.05, 4.69) is 26.9 Å². The van der Waals surface area contributed by atoms with Gasteiger partial charge in [0.15, 0.2) is 0 Å². The van der Waals surface area contributed by atoms with E-state index in [0.717, 1.165) is 11.3 Å². The van der Waals surface area contributed by atoms with E-state index in [1.165, 1.54) is 10.9 Å². The second-order valence-electron chi connectivity index (χ2n) is 7.43. The molecule has 2 aromatic heterocycles. The Labute approximate surface area is 178 Å². The van der Waals surface area contributed by atoms with Gasteiger partial charge in [-0.05, 0) is 43.8 Å². The van der Waals surface area contributed by atoms with E-state index in [1.807, 2.05) is 37.4 Å². The number of benzene rings is 2. The molecule has 4 aromatic rings. The maximum absolute atomic E-state index is 12.9. The average molecular weight is 417 g/mol. The summed E-state index contributed by atoms with van der Waals surface area (Å²) in [5, 5.41) is 4.60. The van der Waals surface area contributed by atoms with Crippen LogP contribution in [-0.2, 0) is 17.9 Å². The normalized spacial score (nSPS) is 12.4. The number of hydrogen-bond donors (Lipinski definition) is 1. The van der Waals surface area contributed by atoms with Crippen LogP contribution in [0.2, 0.25) is 0 Å². The molecule has 0 aliphatic carbocycles. The fourth-order valence-corrected chi connectivity index (χ4v) is 3.52. The Balaban J connectivity index is 1.62. The van der Waals surface area contributed by atoms with E-state index >= 15 is 0 Å². The number of carbonyl (C=O) groups is 1. The van der Waals surface area contributed by atoms with Crippen molar-refractivity contribution >= 4 is 16.8 Å². The van der Waals surface area contributed by atoms with Crippen molar-refractivity contribution in [1.82, 2.24) is 29.2 Å². The Morgan fingerprint density at radius 1 is 1.16 bits per heavy atom. The number of amides is 1. The molecule has 1 atom stereocenters. The van der Waals surface area contributed by atoms with Gasteiger partial charge in [0.05, 0.1) is 23.1 Å². The molecule has 0 aliphatic heterocycles. The summed E-state index contributed by atoms with van der Waals surface area (Å²) in [6.07, 6.45) is 3.14. The molecule has 2 heterocycles. The van der Waals surface area contributed by atoms with Crippen molar-refractivity contribution in [2.75, 3.05) is 7.05 Å². The molecule has 1 amide bonds. The highest BCUT2D eigenvalue weighted by atomic mass is 16.2. The summed E-state index contributed by atoms with van der Waals surface area (Å²) in [6.45, 7) is 2.24. The molecule has 0 saturated heterocycles. The Morgan fingerprint density at radius 3 is 2.58 bits per heavy atom. The maximum Gasteiger partial charge on any atom is 0.261 e. The highest BCUT2D eigenvalue weighted by Gasteiger charge is 2.18. The highest BCUT2D eigenvalue weighted by Crippen LogP contribution is 2.22. The molecule has 0 fully saturated rings. The number of nitrogens with two attached hydrogens (primary N) is 1. The lowest BCUT2D eigenvalue weighted by molar-refractivity contribution is -0.118. The van der Waals surface area contributed by atoms with E-state index in [1.54, 1.807) is 29.2 Å². The van der Waals surface area contributed by atoms with E-state index in [4.69, 9.17) is 5.73 Å². The summed E-state index contributed by atoms with van der Waals surface area (Å²) in [7, 11) is 1.95. The van der Waals surface area contributed by atoms with E-state index in [-0.39, 0.29) is 18.1 Å². The summed E-state index contributed by atoms with van der Waals surface area (Å²) < 4.78 is 3.06. The van der Waals surface area contributed by atoms with Crippen LogP contribution in [0.3, 0.4) is 0 Å². The lowest BCUT2D eigenvalue weighted by atomic mass is 10.1. The smallest absolute Gasteiger partial charge is 0.261 e. The van der Waals surface area contributed by atoms with Gasteiger partial charge in [0.1, 0.15) is 25.0 Å². The van der Waals surface area contributed by atoms with Gasteiger partial charge >= 0.3 is 0 Å². The van der Waals surface area contributed by atoms with Gasteiger partial charge in [-0.2, -0.15) is 5.10 Å². The van der Waals surface area contributed by atoms with Gasteiger partial charge in [-0.3, -0.25) is 19.1 Å². The number of para-hydroxylation sites is 1. The number of carbonyl (C=O) groups excluding carboxylic acids is 1. The molecule has 0 unspecified atom stereocenters. The van der Waals surface area contributed by atoms with Crippen molar-refractivity contribution in [3.05, 3.63) is 82.9 Å². The molecule has 0 bridgehead atoms. The minimum atomic E-state index is -0.583. The van der Waals surface area contributed by atoms with Crippen LogP contribution < -0.4 is 11.3 Å². The van der Waals surface area contributed by atoms with Gasteiger partial charge in [-0.15, -0.1) is 0 Å². The summed E-state index contributed by atoms with van der Waals surface area (Å²) in [5.74, 6) is -0.0871. The molecule has 4 rings (SSSR count). The van der Waals surface area contributed by atoms with Crippen LogP contribution >= 0.6 is 0 Å². The first-order chi connectivity index (χ1) is 14.9. The van der Waals surface area contributed by atoms with Crippen LogP contribution in [0.25, 0.3) is 16.6 Å². The van der Waals surface area contributed by atoms with Crippen molar-refractivity contribution in [3.63, 3.8) is 0 Å². The second kappa shape index (κ2) is 8.49. The van der Waals surface area contributed by atoms with Gasteiger partial charge in [-0.25, -0.2) is 14.6 Å². The highest BCUT2D eigenvalue weighted by molar-refractivity contribution is 5.78. The Morgan fingerprint density at radius 2 is 1.90 bits per heavy atom. The predicted molar refractivity (Wildman–Crippen MR) is 116 cm³/mol. The zero-order chi connectivity index (χ0) is 22.0. The average Bonchev–Trinajstić information content (AvgIpc) is 3.31. The third kappa shape index (κ3) is 4.22. The van der Waals surface area contributed by atoms with E-state index in [9.17, 15) is 9.59 Å². The first-order valence-corrected chi connectivity index (χ1v) is 9.86. The van der Waals surface area contributed by atoms with Crippen LogP contribution in [-0.4, -0.2) is 42.2 Å². The number of rotatable bonds is 7. The lowest BCUT2D eigenvalue weighted by Crippen LogP contribution is -2.34. The van der Waals surface area contributed by atoms with Crippen molar-refractivity contribution in [2.24, 2.45) is 5.73 Å². The monoisotopic (exact) mass is 417 g/mol. The fraction of sp³-hybridized carbons (Fsp3) is 0.227. The van der Waals surface area contributed by atoms with Crippen LogP contribution in [0.4, 0.5) is 0 Å². The molecule has 2 N–H and O–H groups in total. The zero-order valence-electron chi connectivity index (χ0n) is 17.3. The Hall–Kier alpha value is -3.85. The molecule has 31 heavy (non-hydrogen) atoms. The van der Waals surface area contributed by atoms with E-state index in [0.29, 0.717) is 23.3 Å². The summed E-state index contributed by atoms with van der Waals surface area (Å²) in [6, 6.07) is 15.2. The summed E-state index contributed by atoms with van der Waals surface area (Å²) in [4.78, 5) is 35.2. The number of fused-ring (bicyclic) bond motifs is 1. The van der Waals surface area contributed by atoms with Gasteiger partial charge in [0.25, 0.3) is 5.56 Å². The number of hydrogen-bond acceptors (Lipinski definition) is 6. The molecular weight excluding hydrogens is 394 g/mol. The largest absolute Gasteiger partial charge is 0.368 e. The van der Waals surface area contributed by atoms with Crippen molar-refractivity contribution in [2.45, 2.75) is 26.1 Å². The van der Waals surface area contributed by atoms with Crippen LogP contribution in [0.1, 0.15) is 24.4 Å². The molecule has 9 heteroatoms. The Kier molecular flexibility index (Phi) is 5.59. The Bertz CT molecular complexity index is 1260. The van der Waals surface area contributed by atoms with Crippen LogP contribution in [0.15, 0.2) is 66.0 Å². The third-order valence-electron chi connectivity index (χ3n) is 5.37. The molecule has 0 radical (unpaired) electrons. The van der Waals surface area contributed by atoms with E-state index < -0.39 is 5.91 Å². The fourth-order valence-electron chi connectivity index (χ4n) is 3.52. The summed E-state index contributed by atoms with van der Waals surface area (Å²) in [5.41, 5.74) is 7.74. The van der Waals surface area contributed by atoms with Gasteiger partial charge in [0.2, 0.25) is 5.91 Å². The molecule has 158 valence electrons. The van der Waals surface area contributed by atoms with Gasteiger partial charge in [-0.1, -0.05) is 24.3 Å². The van der Waals surface area contributed by atoms with Crippen LogP contribution in [0, 0.1) is 0 Å². The topological polar surface area (TPSA) is 112 Å². The second-order valence-corrected chi connectivity index (χ2v) is 7.43. The molecule has 2 aromatic carbocycles.